The molecule has 1 aliphatic rings. The highest BCUT2D eigenvalue weighted by Crippen LogP contribution is 2.18. The minimum atomic E-state index is -3.41. The number of aryl methyl sites for hydroxylation is 1. The van der Waals surface area contributed by atoms with E-state index in [1.165, 1.54) is 12.1 Å². The Morgan fingerprint density at radius 3 is 2.67 bits per heavy atom. The Morgan fingerprint density at radius 1 is 1.33 bits per heavy atom. The summed E-state index contributed by atoms with van der Waals surface area (Å²) in [5.74, 6) is -0.449. The monoisotopic (exact) mass is 353 g/mol. The summed E-state index contributed by atoms with van der Waals surface area (Å²) >= 11 is 0. The maximum atomic E-state index is 12.2. The smallest absolute Gasteiger partial charge is 0.338 e. The van der Waals surface area contributed by atoms with Crippen LogP contribution in [0.3, 0.4) is 0 Å². The summed E-state index contributed by atoms with van der Waals surface area (Å²) in [6.07, 6.45) is 3.13. The quantitative estimate of drug-likeness (QED) is 0.771. The molecular weight excluding hydrogens is 330 g/mol. The summed E-state index contributed by atoms with van der Waals surface area (Å²) in [4.78, 5) is 26.1. The number of carbonyl (C=O) groups excluding carboxylic acids is 2. The van der Waals surface area contributed by atoms with Gasteiger partial charge in [-0.1, -0.05) is 13.0 Å². The molecule has 1 saturated heterocycles. The molecule has 24 heavy (non-hydrogen) atoms. The third-order valence-corrected chi connectivity index (χ3v) is 5.30. The van der Waals surface area contributed by atoms with E-state index in [1.54, 1.807) is 17.9 Å². The molecule has 0 aromatic heterocycles. The molecule has 0 unspecified atom stereocenters. The molecule has 1 heterocycles. The molecule has 0 saturated carbocycles. The molecule has 1 aromatic rings. The summed E-state index contributed by atoms with van der Waals surface area (Å²) in [6.45, 7) is 4.82. The van der Waals surface area contributed by atoms with Gasteiger partial charge in [0.15, 0.2) is 16.4 Å². The van der Waals surface area contributed by atoms with Gasteiger partial charge >= 0.3 is 5.97 Å². The van der Waals surface area contributed by atoms with E-state index >= 15 is 0 Å². The van der Waals surface area contributed by atoms with Gasteiger partial charge < -0.3 is 9.64 Å². The maximum absolute atomic E-state index is 12.2. The van der Waals surface area contributed by atoms with Crippen LogP contribution in [0.5, 0.6) is 0 Å². The van der Waals surface area contributed by atoms with Crippen molar-refractivity contribution in [3.05, 3.63) is 29.3 Å². The minimum Gasteiger partial charge on any atom is -0.452 e. The molecule has 132 valence electrons. The second-order valence-corrected chi connectivity index (χ2v) is 8.43. The number of rotatable bonds is 4. The number of amides is 1. The number of esters is 1. The van der Waals surface area contributed by atoms with E-state index in [9.17, 15) is 18.0 Å². The van der Waals surface area contributed by atoms with Crippen LogP contribution in [-0.4, -0.2) is 51.1 Å². The SMILES string of the molecule is Cc1ccc(S(C)(=O)=O)cc1C(=O)OCC(=O)N1CCC[C@H](C)C1. The number of likely N-dealkylation sites (tertiary alicyclic amines) is 1. The molecule has 6 nitrogen and oxygen atoms in total. The van der Waals surface area contributed by atoms with Crippen molar-refractivity contribution in [2.45, 2.75) is 31.6 Å². The molecule has 0 bridgehead atoms. The first-order valence-electron chi connectivity index (χ1n) is 7.94. The van der Waals surface area contributed by atoms with E-state index < -0.39 is 15.8 Å². The van der Waals surface area contributed by atoms with Crippen LogP contribution in [0, 0.1) is 12.8 Å². The predicted molar refractivity (Wildman–Crippen MR) is 89.5 cm³/mol. The number of ether oxygens (including phenoxy) is 1. The Bertz CT molecular complexity index is 741. The third-order valence-electron chi connectivity index (χ3n) is 4.19. The molecule has 1 amide bonds. The van der Waals surface area contributed by atoms with Crippen molar-refractivity contribution in [1.82, 2.24) is 4.90 Å². The lowest BCUT2D eigenvalue weighted by Gasteiger charge is -2.30. The zero-order valence-electron chi connectivity index (χ0n) is 14.2. The zero-order valence-corrected chi connectivity index (χ0v) is 15.1. The summed E-state index contributed by atoms with van der Waals surface area (Å²) < 4.78 is 28.3. The molecule has 0 aliphatic carbocycles. The minimum absolute atomic E-state index is 0.0521. The standard InChI is InChI=1S/C17H23NO5S/c1-12-5-4-8-18(10-12)16(19)11-23-17(20)15-9-14(24(3,21)22)7-6-13(15)2/h6-7,9,12H,4-5,8,10-11H2,1-3H3/t12-/m0/s1. The predicted octanol–water partition coefficient (Wildman–Crippen LogP) is 1.81. The largest absolute Gasteiger partial charge is 0.452 e. The number of hydrogen-bond acceptors (Lipinski definition) is 5. The number of nitrogens with zero attached hydrogens (tertiary/aromatic N) is 1. The van der Waals surface area contributed by atoms with Gasteiger partial charge in [-0.15, -0.1) is 0 Å². The average molecular weight is 353 g/mol. The average Bonchev–Trinajstić information content (AvgIpc) is 2.51. The summed E-state index contributed by atoms with van der Waals surface area (Å²) in [5, 5.41) is 0. The van der Waals surface area contributed by atoms with Crippen molar-refractivity contribution in [2.24, 2.45) is 5.92 Å². The lowest BCUT2D eigenvalue weighted by molar-refractivity contribution is -0.136. The van der Waals surface area contributed by atoms with Gasteiger partial charge in [0.05, 0.1) is 10.5 Å². The molecule has 1 atom stereocenters. The number of carbonyl (C=O) groups is 2. The molecule has 0 spiro atoms. The van der Waals surface area contributed by atoms with E-state index in [-0.39, 0.29) is 23.0 Å². The van der Waals surface area contributed by atoms with Gasteiger partial charge in [-0.3, -0.25) is 4.79 Å². The normalized spacial score (nSPS) is 18.3. The first-order chi connectivity index (χ1) is 11.2. The van der Waals surface area contributed by atoms with Crippen LogP contribution in [0.1, 0.15) is 35.7 Å². The fraction of sp³-hybridized carbons (Fsp3) is 0.529. The van der Waals surface area contributed by atoms with Crippen molar-refractivity contribution >= 4 is 21.7 Å². The highest BCUT2D eigenvalue weighted by molar-refractivity contribution is 7.90. The van der Waals surface area contributed by atoms with Crippen molar-refractivity contribution in [2.75, 3.05) is 26.0 Å². The Balaban J connectivity index is 2.03. The van der Waals surface area contributed by atoms with Crippen molar-refractivity contribution in [3.63, 3.8) is 0 Å². The van der Waals surface area contributed by atoms with Gasteiger partial charge in [-0.2, -0.15) is 0 Å². The highest BCUT2D eigenvalue weighted by Gasteiger charge is 2.23. The summed E-state index contributed by atoms with van der Waals surface area (Å²) in [5.41, 5.74) is 0.768. The first-order valence-corrected chi connectivity index (χ1v) is 9.83. The topological polar surface area (TPSA) is 80.7 Å². The second kappa shape index (κ2) is 7.34. The fourth-order valence-electron chi connectivity index (χ4n) is 2.76. The van der Waals surface area contributed by atoms with Crippen molar-refractivity contribution in [1.29, 1.82) is 0 Å². The fourth-order valence-corrected chi connectivity index (χ4v) is 3.41. The second-order valence-electron chi connectivity index (χ2n) is 6.41. The number of benzene rings is 1. The molecule has 1 aliphatic heterocycles. The molecular formula is C17H23NO5S. The lowest BCUT2D eigenvalue weighted by Crippen LogP contribution is -2.41. The number of hydrogen-bond donors (Lipinski definition) is 0. The Labute approximate surface area is 142 Å². The van der Waals surface area contributed by atoms with E-state index in [4.69, 9.17) is 4.74 Å². The van der Waals surface area contributed by atoms with Crippen LogP contribution < -0.4 is 0 Å². The van der Waals surface area contributed by atoms with E-state index in [0.29, 0.717) is 24.6 Å². The molecule has 2 rings (SSSR count). The van der Waals surface area contributed by atoms with Crippen LogP contribution >= 0.6 is 0 Å². The Kier molecular flexibility index (Phi) is 5.64. The number of piperidine rings is 1. The lowest BCUT2D eigenvalue weighted by atomic mass is 10.0. The molecule has 7 heteroatoms. The third kappa shape index (κ3) is 4.56. The molecule has 1 aromatic carbocycles. The maximum Gasteiger partial charge on any atom is 0.338 e. The Hall–Kier alpha value is -1.89. The van der Waals surface area contributed by atoms with Gasteiger partial charge in [0.25, 0.3) is 5.91 Å². The zero-order chi connectivity index (χ0) is 17.9. The van der Waals surface area contributed by atoms with Crippen LogP contribution in [0.4, 0.5) is 0 Å². The summed E-state index contributed by atoms with van der Waals surface area (Å²) in [7, 11) is -3.41. The molecule has 1 fully saturated rings. The first kappa shape index (κ1) is 18.4. The summed E-state index contributed by atoms with van der Waals surface area (Å²) in [6, 6.07) is 4.29. The van der Waals surface area contributed by atoms with Crippen LogP contribution in [0.25, 0.3) is 0 Å². The van der Waals surface area contributed by atoms with Crippen LogP contribution in [0.15, 0.2) is 23.1 Å². The van der Waals surface area contributed by atoms with E-state index in [0.717, 1.165) is 19.1 Å². The van der Waals surface area contributed by atoms with Crippen LogP contribution in [0.2, 0.25) is 0 Å². The van der Waals surface area contributed by atoms with Gasteiger partial charge in [-0.05, 0) is 43.4 Å². The molecule has 0 radical (unpaired) electrons. The number of sulfone groups is 1. The van der Waals surface area contributed by atoms with Crippen LogP contribution in [-0.2, 0) is 19.4 Å². The van der Waals surface area contributed by atoms with E-state index in [1.807, 2.05) is 0 Å². The van der Waals surface area contributed by atoms with E-state index in [2.05, 4.69) is 6.92 Å². The van der Waals surface area contributed by atoms with Crippen molar-refractivity contribution < 1.29 is 22.7 Å². The molecule has 0 N–H and O–H groups in total. The van der Waals surface area contributed by atoms with Gasteiger partial charge in [0.2, 0.25) is 0 Å². The van der Waals surface area contributed by atoms with Gasteiger partial charge in [0, 0.05) is 19.3 Å². The Morgan fingerprint density at radius 2 is 2.04 bits per heavy atom. The van der Waals surface area contributed by atoms with Crippen molar-refractivity contribution in [3.8, 4) is 0 Å². The van der Waals surface area contributed by atoms with Gasteiger partial charge in [0.1, 0.15) is 0 Å². The van der Waals surface area contributed by atoms with Gasteiger partial charge in [-0.25, -0.2) is 13.2 Å². The highest BCUT2D eigenvalue weighted by atomic mass is 32.2.